The number of aliphatic hydroxyl groups excluding tert-OH is 1. The number of nitrogens with one attached hydrogen (secondary N) is 1. The van der Waals surface area contributed by atoms with Crippen molar-refractivity contribution in [1.82, 2.24) is 10.2 Å². The maximum Gasteiger partial charge on any atom is 0.252 e. The van der Waals surface area contributed by atoms with Crippen molar-refractivity contribution in [3.05, 3.63) is 48.0 Å². The zero-order valence-electron chi connectivity index (χ0n) is 18.5. The van der Waals surface area contributed by atoms with E-state index in [-0.39, 0.29) is 11.5 Å². The van der Waals surface area contributed by atoms with E-state index in [4.69, 9.17) is 14.2 Å². The Bertz CT molecular complexity index is 904. The molecule has 9 heteroatoms. The zero-order chi connectivity index (χ0) is 23.1. The molecule has 172 valence electrons. The lowest BCUT2D eigenvalue weighted by atomic mass is 10.1. The van der Waals surface area contributed by atoms with Gasteiger partial charge in [0, 0.05) is 37.4 Å². The van der Waals surface area contributed by atoms with Crippen LogP contribution >= 0.6 is 0 Å². The van der Waals surface area contributed by atoms with Gasteiger partial charge in [-0.05, 0) is 24.3 Å². The van der Waals surface area contributed by atoms with Crippen LogP contribution in [-0.2, 0) is 4.79 Å². The minimum absolute atomic E-state index is 0.222. The van der Waals surface area contributed by atoms with Crippen LogP contribution in [0.3, 0.4) is 0 Å². The molecule has 1 atom stereocenters. The predicted molar refractivity (Wildman–Crippen MR) is 120 cm³/mol. The van der Waals surface area contributed by atoms with Crippen molar-refractivity contribution in [3.8, 4) is 17.2 Å². The van der Waals surface area contributed by atoms with Crippen LogP contribution in [0.5, 0.6) is 17.2 Å². The highest BCUT2D eigenvalue weighted by Gasteiger charge is 2.29. The second-order valence-corrected chi connectivity index (χ2v) is 7.27. The van der Waals surface area contributed by atoms with E-state index < -0.39 is 18.6 Å². The fraction of sp³-hybridized carbons (Fsp3) is 0.391. The van der Waals surface area contributed by atoms with Gasteiger partial charge in [0.15, 0.2) is 11.5 Å². The number of hydrogen-bond acceptors (Lipinski definition) is 7. The van der Waals surface area contributed by atoms with Crippen LogP contribution in [0.2, 0.25) is 0 Å². The first-order chi connectivity index (χ1) is 15.5. The molecule has 2 aromatic rings. The van der Waals surface area contributed by atoms with E-state index in [1.54, 1.807) is 4.90 Å². The minimum atomic E-state index is -1.05. The van der Waals surface area contributed by atoms with E-state index in [0.29, 0.717) is 43.4 Å². The fourth-order valence-electron chi connectivity index (χ4n) is 3.68. The Morgan fingerprint density at radius 2 is 1.56 bits per heavy atom. The summed E-state index contributed by atoms with van der Waals surface area (Å²) < 4.78 is 15.8. The highest BCUT2D eigenvalue weighted by molar-refractivity contribution is 5.98. The smallest absolute Gasteiger partial charge is 0.252 e. The van der Waals surface area contributed by atoms with Gasteiger partial charge in [0.25, 0.3) is 5.91 Å². The number of benzene rings is 2. The van der Waals surface area contributed by atoms with Crippen LogP contribution < -0.4 is 24.4 Å². The van der Waals surface area contributed by atoms with Crippen LogP contribution in [0.4, 0.5) is 5.69 Å². The van der Waals surface area contributed by atoms with Gasteiger partial charge in [-0.1, -0.05) is 18.2 Å². The number of piperazine rings is 1. The molecule has 1 aliphatic heterocycles. The van der Waals surface area contributed by atoms with Gasteiger partial charge in [-0.15, -0.1) is 0 Å². The molecule has 0 saturated carbocycles. The van der Waals surface area contributed by atoms with Gasteiger partial charge in [-0.3, -0.25) is 9.59 Å². The van der Waals surface area contributed by atoms with Gasteiger partial charge >= 0.3 is 0 Å². The molecule has 0 radical (unpaired) electrons. The average molecular weight is 444 g/mol. The Balaban J connectivity index is 1.66. The second-order valence-electron chi connectivity index (χ2n) is 7.27. The van der Waals surface area contributed by atoms with Gasteiger partial charge in [0.05, 0.1) is 27.9 Å². The van der Waals surface area contributed by atoms with E-state index in [1.807, 2.05) is 30.3 Å². The molecule has 1 unspecified atom stereocenters. The monoisotopic (exact) mass is 443 g/mol. The lowest BCUT2D eigenvalue weighted by Gasteiger charge is -2.37. The first kappa shape index (κ1) is 23.2. The number of nitrogens with zero attached hydrogens (tertiary/aromatic N) is 2. The third-order valence-corrected chi connectivity index (χ3v) is 5.43. The molecule has 1 fully saturated rings. The van der Waals surface area contributed by atoms with Crippen LogP contribution in [0.15, 0.2) is 42.5 Å². The molecule has 2 N–H and O–H groups in total. The highest BCUT2D eigenvalue weighted by atomic mass is 16.5. The van der Waals surface area contributed by atoms with Crippen molar-refractivity contribution >= 4 is 17.5 Å². The second kappa shape index (κ2) is 10.7. The Kier molecular flexibility index (Phi) is 7.77. The van der Waals surface area contributed by atoms with Gasteiger partial charge in [0.1, 0.15) is 6.04 Å². The SMILES string of the molecule is COc1cc(C(=O)NC(CO)C(=O)N2CCN(c3ccccc3)CC2)cc(OC)c1OC. The number of anilines is 1. The van der Waals surface area contributed by atoms with E-state index in [2.05, 4.69) is 10.2 Å². The molecule has 0 bridgehead atoms. The largest absolute Gasteiger partial charge is 0.493 e. The number of hydrogen-bond donors (Lipinski definition) is 2. The molecule has 32 heavy (non-hydrogen) atoms. The number of ether oxygens (including phenoxy) is 3. The van der Waals surface area contributed by atoms with Crippen LogP contribution in [0, 0.1) is 0 Å². The number of para-hydroxylation sites is 1. The van der Waals surface area contributed by atoms with E-state index in [0.717, 1.165) is 5.69 Å². The molecule has 3 rings (SSSR count). The third kappa shape index (κ3) is 5.05. The van der Waals surface area contributed by atoms with E-state index in [9.17, 15) is 14.7 Å². The molecule has 2 amide bonds. The summed E-state index contributed by atoms with van der Waals surface area (Å²) in [6.07, 6.45) is 0. The predicted octanol–water partition coefficient (Wildman–Crippen LogP) is 1.15. The average Bonchev–Trinajstić information content (AvgIpc) is 2.86. The minimum Gasteiger partial charge on any atom is -0.493 e. The summed E-state index contributed by atoms with van der Waals surface area (Å²) in [6.45, 7) is 1.85. The molecule has 9 nitrogen and oxygen atoms in total. The topological polar surface area (TPSA) is 101 Å². The molecule has 1 saturated heterocycles. The number of aliphatic hydroxyl groups is 1. The molecule has 1 aliphatic rings. The van der Waals surface area contributed by atoms with Gasteiger partial charge < -0.3 is 34.4 Å². The van der Waals surface area contributed by atoms with Crippen molar-refractivity contribution in [1.29, 1.82) is 0 Å². The summed E-state index contributed by atoms with van der Waals surface area (Å²) in [4.78, 5) is 29.6. The number of amides is 2. The normalized spacial score (nSPS) is 14.5. The first-order valence-electron chi connectivity index (χ1n) is 10.3. The van der Waals surface area contributed by atoms with Gasteiger partial charge in [-0.2, -0.15) is 0 Å². The lowest BCUT2D eigenvalue weighted by Crippen LogP contribution is -2.56. The van der Waals surface area contributed by atoms with Crippen molar-refractivity contribution in [3.63, 3.8) is 0 Å². The Labute approximate surface area is 187 Å². The summed E-state index contributed by atoms with van der Waals surface area (Å²) in [5, 5.41) is 12.4. The van der Waals surface area contributed by atoms with E-state index in [1.165, 1.54) is 33.5 Å². The Morgan fingerprint density at radius 1 is 0.969 bits per heavy atom. The number of rotatable bonds is 8. The highest BCUT2D eigenvalue weighted by Crippen LogP contribution is 2.38. The molecule has 0 spiro atoms. The van der Waals surface area contributed by atoms with Crippen LogP contribution in [0.1, 0.15) is 10.4 Å². The van der Waals surface area contributed by atoms with Crippen LogP contribution in [-0.4, -0.2) is 82.0 Å². The van der Waals surface area contributed by atoms with Crippen molar-refractivity contribution in [2.24, 2.45) is 0 Å². The summed E-state index contributed by atoms with van der Waals surface area (Å²) in [7, 11) is 4.38. The molecular formula is C23H29N3O6. The van der Waals surface area contributed by atoms with Crippen molar-refractivity contribution in [2.45, 2.75) is 6.04 Å². The first-order valence-corrected chi connectivity index (χ1v) is 10.3. The summed E-state index contributed by atoms with van der Waals surface area (Å²) >= 11 is 0. The molecular weight excluding hydrogens is 414 g/mol. The lowest BCUT2D eigenvalue weighted by molar-refractivity contribution is -0.134. The Hall–Kier alpha value is -3.46. The number of methoxy groups -OCH3 is 3. The molecule has 0 aliphatic carbocycles. The summed E-state index contributed by atoms with van der Waals surface area (Å²) in [6, 6.07) is 11.9. The molecule has 1 heterocycles. The van der Waals surface area contributed by atoms with Crippen molar-refractivity contribution < 1.29 is 28.9 Å². The number of carbonyl (C=O) groups is 2. The van der Waals surface area contributed by atoms with Crippen LogP contribution in [0.25, 0.3) is 0 Å². The van der Waals surface area contributed by atoms with E-state index >= 15 is 0 Å². The summed E-state index contributed by atoms with van der Waals surface area (Å²) in [5.41, 5.74) is 1.33. The quantitative estimate of drug-likeness (QED) is 0.631. The summed E-state index contributed by atoms with van der Waals surface area (Å²) in [5.74, 6) is 0.153. The van der Waals surface area contributed by atoms with Gasteiger partial charge in [0.2, 0.25) is 11.7 Å². The fourth-order valence-corrected chi connectivity index (χ4v) is 3.68. The van der Waals surface area contributed by atoms with Gasteiger partial charge in [-0.25, -0.2) is 0 Å². The standard InChI is InChI=1S/C23H29N3O6/c1-30-19-13-16(14-20(31-2)21(19)32-3)22(28)24-18(15-27)23(29)26-11-9-25(10-12-26)17-7-5-4-6-8-17/h4-8,13-14,18,27H,9-12,15H2,1-3H3,(H,24,28). The third-order valence-electron chi connectivity index (χ3n) is 5.43. The zero-order valence-corrected chi connectivity index (χ0v) is 18.5. The molecule has 0 aromatic heterocycles. The maximum absolute atomic E-state index is 12.9. The Morgan fingerprint density at radius 3 is 2.06 bits per heavy atom. The van der Waals surface area contributed by atoms with Crippen molar-refractivity contribution in [2.75, 3.05) is 59.0 Å². The number of carbonyl (C=O) groups excluding carboxylic acids is 2. The maximum atomic E-state index is 12.9. The molecule has 2 aromatic carbocycles.